The number of esters is 1. The zero-order valence-corrected chi connectivity index (χ0v) is 14.4. The standard InChI is InChI=1S/C17H21N5O3/c1-22(2)8-7-18-16(23)14-10-20-15(11-19-14)21-13-6-4-5-12(9-13)17(24)25-3/h4-6,9-11H,7-8H2,1-3H3,(H,18,23)(H,20,21). The molecule has 25 heavy (non-hydrogen) atoms. The Labute approximate surface area is 146 Å². The number of anilines is 2. The average molecular weight is 343 g/mol. The molecule has 0 aliphatic carbocycles. The maximum absolute atomic E-state index is 11.9. The number of likely N-dealkylation sites (N-methyl/N-ethyl adjacent to an activating group) is 1. The number of hydrogen-bond acceptors (Lipinski definition) is 7. The number of carbonyl (C=O) groups excluding carboxylic acids is 2. The van der Waals surface area contributed by atoms with Crippen LogP contribution in [0.3, 0.4) is 0 Å². The van der Waals surface area contributed by atoms with Gasteiger partial charge in [-0.25, -0.2) is 14.8 Å². The molecule has 2 aromatic rings. The number of nitrogens with one attached hydrogen (secondary N) is 2. The van der Waals surface area contributed by atoms with E-state index in [1.165, 1.54) is 19.5 Å². The van der Waals surface area contributed by atoms with Crippen LogP contribution in [0.25, 0.3) is 0 Å². The van der Waals surface area contributed by atoms with E-state index in [4.69, 9.17) is 0 Å². The maximum atomic E-state index is 11.9. The number of nitrogens with zero attached hydrogens (tertiary/aromatic N) is 3. The van der Waals surface area contributed by atoms with E-state index in [1.807, 2.05) is 19.0 Å². The number of aromatic nitrogens is 2. The van der Waals surface area contributed by atoms with E-state index in [0.29, 0.717) is 23.6 Å². The van der Waals surface area contributed by atoms with Crippen LogP contribution in [0.2, 0.25) is 0 Å². The van der Waals surface area contributed by atoms with E-state index in [-0.39, 0.29) is 11.6 Å². The van der Waals surface area contributed by atoms with Crippen LogP contribution in [-0.2, 0) is 4.74 Å². The molecule has 1 aromatic carbocycles. The Balaban J connectivity index is 1.98. The van der Waals surface area contributed by atoms with E-state index in [9.17, 15) is 9.59 Å². The number of hydrogen-bond donors (Lipinski definition) is 2. The minimum absolute atomic E-state index is 0.243. The second-order valence-electron chi connectivity index (χ2n) is 5.54. The van der Waals surface area contributed by atoms with Gasteiger partial charge >= 0.3 is 5.97 Å². The number of methoxy groups -OCH3 is 1. The van der Waals surface area contributed by atoms with Crippen molar-refractivity contribution < 1.29 is 14.3 Å². The largest absolute Gasteiger partial charge is 0.465 e. The number of ether oxygens (including phenoxy) is 1. The lowest BCUT2D eigenvalue weighted by atomic mass is 10.2. The molecule has 8 nitrogen and oxygen atoms in total. The lowest BCUT2D eigenvalue weighted by molar-refractivity contribution is 0.0600. The zero-order chi connectivity index (χ0) is 18.2. The third-order valence-corrected chi connectivity index (χ3v) is 3.29. The van der Waals surface area contributed by atoms with E-state index in [2.05, 4.69) is 25.3 Å². The Kier molecular flexibility index (Phi) is 6.41. The fourth-order valence-electron chi connectivity index (χ4n) is 1.98. The molecule has 8 heteroatoms. The van der Waals surface area contributed by atoms with Crippen molar-refractivity contribution in [3.63, 3.8) is 0 Å². The molecule has 1 amide bonds. The minimum Gasteiger partial charge on any atom is -0.465 e. The molecule has 0 saturated carbocycles. The van der Waals surface area contributed by atoms with Crippen molar-refractivity contribution in [1.82, 2.24) is 20.2 Å². The predicted octanol–water partition coefficient (Wildman–Crippen LogP) is 1.30. The Morgan fingerprint density at radius 3 is 2.64 bits per heavy atom. The molecule has 0 unspecified atom stereocenters. The maximum Gasteiger partial charge on any atom is 0.337 e. The Bertz CT molecular complexity index is 731. The summed E-state index contributed by atoms with van der Waals surface area (Å²) in [6.45, 7) is 1.28. The summed E-state index contributed by atoms with van der Waals surface area (Å²) in [5.41, 5.74) is 1.34. The highest BCUT2D eigenvalue weighted by atomic mass is 16.5. The van der Waals surface area contributed by atoms with E-state index in [0.717, 1.165) is 6.54 Å². The van der Waals surface area contributed by atoms with Crippen LogP contribution in [0.1, 0.15) is 20.8 Å². The van der Waals surface area contributed by atoms with Crippen molar-refractivity contribution in [3.05, 3.63) is 47.9 Å². The monoisotopic (exact) mass is 343 g/mol. The first kappa shape index (κ1) is 18.3. The van der Waals surface area contributed by atoms with Crippen LogP contribution in [0.5, 0.6) is 0 Å². The smallest absolute Gasteiger partial charge is 0.337 e. The number of benzene rings is 1. The highest BCUT2D eigenvalue weighted by molar-refractivity contribution is 5.92. The molecule has 0 saturated heterocycles. The van der Waals surface area contributed by atoms with Crippen molar-refractivity contribution >= 4 is 23.4 Å². The molecule has 2 N–H and O–H groups in total. The molecule has 0 aliphatic rings. The van der Waals surface area contributed by atoms with Crippen molar-refractivity contribution in [2.75, 3.05) is 39.6 Å². The van der Waals surface area contributed by atoms with Crippen LogP contribution in [0.4, 0.5) is 11.5 Å². The van der Waals surface area contributed by atoms with E-state index < -0.39 is 5.97 Å². The van der Waals surface area contributed by atoms with Crippen molar-refractivity contribution in [2.24, 2.45) is 0 Å². The van der Waals surface area contributed by atoms with Crippen molar-refractivity contribution in [2.45, 2.75) is 0 Å². The van der Waals surface area contributed by atoms with Crippen LogP contribution in [0.15, 0.2) is 36.7 Å². The van der Waals surface area contributed by atoms with Gasteiger partial charge in [0.15, 0.2) is 0 Å². The third-order valence-electron chi connectivity index (χ3n) is 3.29. The normalized spacial score (nSPS) is 10.4. The summed E-state index contributed by atoms with van der Waals surface area (Å²) in [5.74, 6) is -0.222. The fraction of sp³-hybridized carbons (Fsp3) is 0.294. The quantitative estimate of drug-likeness (QED) is 0.731. The summed E-state index contributed by atoms with van der Waals surface area (Å²) in [6, 6.07) is 6.82. The fourth-order valence-corrected chi connectivity index (χ4v) is 1.98. The first-order valence-electron chi connectivity index (χ1n) is 7.70. The summed E-state index contributed by atoms with van der Waals surface area (Å²) >= 11 is 0. The van der Waals surface area contributed by atoms with Gasteiger partial charge in [0, 0.05) is 18.8 Å². The van der Waals surface area contributed by atoms with Crippen molar-refractivity contribution in [3.8, 4) is 0 Å². The molecule has 132 valence electrons. The van der Waals surface area contributed by atoms with Gasteiger partial charge in [-0.1, -0.05) is 6.07 Å². The predicted molar refractivity (Wildman–Crippen MR) is 94.0 cm³/mol. The summed E-state index contributed by atoms with van der Waals surface area (Å²) in [7, 11) is 5.19. The van der Waals surface area contributed by atoms with Gasteiger partial charge in [-0.3, -0.25) is 4.79 Å². The summed E-state index contributed by atoms with van der Waals surface area (Å²) in [6.07, 6.45) is 2.86. The lowest BCUT2D eigenvalue weighted by Crippen LogP contribution is -2.31. The summed E-state index contributed by atoms with van der Waals surface area (Å²) in [5, 5.41) is 5.80. The van der Waals surface area contributed by atoms with Crippen LogP contribution in [0, 0.1) is 0 Å². The number of rotatable bonds is 7. The SMILES string of the molecule is COC(=O)c1cccc(Nc2cnc(C(=O)NCCN(C)C)cn2)c1. The summed E-state index contributed by atoms with van der Waals surface area (Å²) < 4.78 is 4.69. The van der Waals surface area contributed by atoms with Gasteiger partial charge in [0.25, 0.3) is 5.91 Å². The van der Waals surface area contributed by atoms with Crippen LogP contribution < -0.4 is 10.6 Å². The van der Waals surface area contributed by atoms with E-state index >= 15 is 0 Å². The van der Waals surface area contributed by atoms with Gasteiger partial charge in [-0.15, -0.1) is 0 Å². The molecular formula is C17H21N5O3. The minimum atomic E-state index is -0.417. The van der Waals surface area contributed by atoms with Gasteiger partial charge < -0.3 is 20.3 Å². The molecule has 0 bridgehead atoms. The second kappa shape index (κ2) is 8.74. The zero-order valence-electron chi connectivity index (χ0n) is 14.4. The van der Waals surface area contributed by atoms with Crippen LogP contribution in [-0.4, -0.2) is 61.0 Å². The molecule has 0 atom stereocenters. The molecule has 1 heterocycles. The van der Waals surface area contributed by atoms with E-state index in [1.54, 1.807) is 24.3 Å². The van der Waals surface area contributed by atoms with Gasteiger partial charge in [-0.05, 0) is 32.3 Å². The van der Waals surface area contributed by atoms with Gasteiger partial charge in [0.1, 0.15) is 11.5 Å². The number of amides is 1. The van der Waals surface area contributed by atoms with Gasteiger partial charge in [0.2, 0.25) is 0 Å². The average Bonchev–Trinajstić information content (AvgIpc) is 2.61. The third kappa shape index (κ3) is 5.54. The first-order valence-corrected chi connectivity index (χ1v) is 7.70. The topological polar surface area (TPSA) is 96.4 Å². The second-order valence-corrected chi connectivity index (χ2v) is 5.54. The molecule has 0 spiro atoms. The van der Waals surface area contributed by atoms with Gasteiger partial charge in [0.05, 0.1) is 25.1 Å². The molecular weight excluding hydrogens is 322 g/mol. The first-order chi connectivity index (χ1) is 12.0. The lowest BCUT2D eigenvalue weighted by Gasteiger charge is -2.10. The van der Waals surface area contributed by atoms with Gasteiger partial charge in [-0.2, -0.15) is 0 Å². The Hall–Kier alpha value is -3.00. The molecule has 2 rings (SSSR count). The molecule has 0 fully saturated rings. The highest BCUT2D eigenvalue weighted by Crippen LogP contribution is 2.16. The van der Waals surface area contributed by atoms with Crippen LogP contribution >= 0.6 is 0 Å². The summed E-state index contributed by atoms with van der Waals surface area (Å²) in [4.78, 5) is 33.7. The van der Waals surface area contributed by atoms with Crippen molar-refractivity contribution in [1.29, 1.82) is 0 Å². The number of carbonyl (C=O) groups is 2. The Morgan fingerprint density at radius 1 is 1.20 bits per heavy atom. The Morgan fingerprint density at radius 2 is 2.00 bits per heavy atom. The highest BCUT2D eigenvalue weighted by Gasteiger charge is 2.09. The molecule has 0 radical (unpaired) electrons. The molecule has 1 aromatic heterocycles. The molecule has 0 aliphatic heterocycles.